The van der Waals surface area contributed by atoms with Gasteiger partial charge in [0.15, 0.2) is 5.82 Å². The fourth-order valence-corrected chi connectivity index (χ4v) is 2.25. The highest BCUT2D eigenvalue weighted by Gasteiger charge is 2.18. The SMILES string of the molecule is O=C(O)[C@@H](CO)Nc1nc(-c2ccccc2)nc2ccccc12. The van der Waals surface area contributed by atoms with Crippen LogP contribution in [-0.2, 0) is 4.79 Å². The van der Waals surface area contributed by atoms with Crippen LogP contribution in [-0.4, -0.2) is 38.8 Å². The Morgan fingerprint density at radius 3 is 2.43 bits per heavy atom. The number of anilines is 1. The Labute approximate surface area is 132 Å². The average Bonchev–Trinajstić information content (AvgIpc) is 2.59. The van der Waals surface area contributed by atoms with E-state index >= 15 is 0 Å². The van der Waals surface area contributed by atoms with Crippen LogP contribution in [0, 0.1) is 0 Å². The van der Waals surface area contributed by atoms with Crippen molar-refractivity contribution in [3.63, 3.8) is 0 Å². The number of nitrogens with one attached hydrogen (secondary N) is 1. The van der Waals surface area contributed by atoms with E-state index in [2.05, 4.69) is 15.3 Å². The van der Waals surface area contributed by atoms with Gasteiger partial charge in [-0.3, -0.25) is 0 Å². The molecule has 116 valence electrons. The van der Waals surface area contributed by atoms with Gasteiger partial charge in [-0.1, -0.05) is 42.5 Å². The summed E-state index contributed by atoms with van der Waals surface area (Å²) in [5.41, 5.74) is 1.53. The van der Waals surface area contributed by atoms with Crippen molar-refractivity contribution in [1.82, 2.24) is 9.97 Å². The van der Waals surface area contributed by atoms with Gasteiger partial charge in [0.25, 0.3) is 0 Å². The molecule has 0 fully saturated rings. The van der Waals surface area contributed by atoms with Crippen molar-refractivity contribution in [2.45, 2.75) is 6.04 Å². The molecule has 23 heavy (non-hydrogen) atoms. The van der Waals surface area contributed by atoms with Gasteiger partial charge in [0.1, 0.15) is 11.9 Å². The zero-order valence-corrected chi connectivity index (χ0v) is 12.2. The molecular formula is C17H15N3O3. The third kappa shape index (κ3) is 3.12. The highest BCUT2D eigenvalue weighted by molar-refractivity contribution is 5.92. The number of carbonyl (C=O) groups is 1. The number of hydrogen-bond donors (Lipinski definition) is 3. The minimum Gasteiger partial charge on any atom is -0.480 e. The van der Waals surface area contributed by atoms with Gasteiger partial charge in [0.2, 0.25) is 0 Å². The second-order valence-corrected chi connectivity index (χ2v) is 5.00. The lowest BCUT2D eigenvalue weighted by molar-refractivity contribution is -0.138. The molecule has 6 heteroatoms. The third-order valence-electron chi connectivity index (χ3n) is 3.43. The Kier molecular flexibility index (Phi) is 4.16. The lowest BCUT2D eigenvalue weighted by Gasteiger charge is -2.15. The molecule has 0 aliphatic rings. The number of aliphatic hydroxyl groups excluding tert-OH is 1. The Balaban J connectivity index is 2.13. The molecule has 3 N–H and O–H groups in total. The predicted molar refractivity (Wildman–Crippen MR) is 87.1 cm³/mol. The maximum atomic E-state index is 11.2. The molecule has 0 aliphatic carbocycles. The standard InChI is InChI=1S/C17H15N3O3/c21-10-14(17(22)23)19-16-12-8-4-5-9-13(12)18-15(20-16)11-6-2-1-3-7-11/h1-9,14,21H,10H2,(H,22,23)(H,18,19,20)/t14-/m1/s1. The number of aliphatic carboxylic acids is 1. The highest BCUT2D eigenvalue weighted by atomic mass is 16.4. The number of carboxylic acids is 1. The van der Waals surface area contributed by atoms with Gasteiger partial charge in [0, 0.05) is 10.9 Å². The van der Waals surface area contributed by atoms with Gasteiger partial charge in [-0.05, 0) is 12.1 Å². The average molecular weight is 309 g/mol. The van der Waals surface area contributed by atoms with Gasteiger partial charge in [-0.15, -0.1) is 0 Å². The lowest BCUT2D eigenvalue weighted by atomic mass is 10.1. The van der Waals surface area contributed by atoms with Crippen LogP contribution in [0.1, 0.15) is 0 Å². The number of hydrogen-bond acceptors (Lipinski definition) is 5. The van der Waals surface area contributed by atoms with Crippen molar-refractivity contribution in [3.8, 4) is 11.4 Å². The van der Waals surface area contributed by atoms with Gasteiger partial charge < -0.3 is 15.5 Å². The van der Waals surface area contributed by atoms with E-state index in [0.29, 0.717) is 22.5 Å². The van der Waals surface area contributed by atoms with Crippen molar-refractivity contribution in [2.24, 2.45) is 0 Å². The number of carboxylic acid groups (broad SMARTS) is 1. The molecule has 0 amide bonds. The van der Waals surface area contributed by atoms with E-state index in [-0.39, 0.29) is 0 Å². The molecule has 0 saturated carbocycles. The first-order valence-corrected chi connectivity index (χ1v) is 7.11. The summed E-state index contributed by atoms with van der Waals surface area (Å²) in [5, 5.41) is 21.8. The highest BCUT2D eigenvalue weighted by Crippen LogP contribution is 2.25. The zero-order valence-electron chi connectivity index (χ0n) is 12.2. The van der Waals surface area contributed by atoms with E-state index in [9.17, 15) is 9.90 Å². The van der Waals surface area contributed by atoms with E-state index in [1.165, 1.54) is 0 Å². The van der Waals surface area contributed by atoms with Crippen LogP contribution >= 0.6 is 0 Å². The van der Waals surface area contributed by atoms with Crippen molar-refractivity contribution in [1.29, 1.82) is 0 Å². The fourth-order valence-electron chi connectivity index (χ4n) is 2.25. The molecule has 0 spiro atoms. The maximum absolute atomic E-state index is 11.2. The second-order valence-electron chi connectivity index (χ2n) is 5.00. The summed E-state index contributed by atoms with van der Waals surface area (Å²) >= 11 is 0. The maximum Gasteiger partial charge on any atom is 0.328 e. The zero-order chi connectivity index (χ0) is 16.2. The number of aliphatic hydroxyl groups is 1. The van der Waals surface area contributed by atoms with Crippen molar-refractivity contribution in [2.75, 3.05) is 11.9 Å². The third-order valence-corrected chi connectivity index (χ3v) is 3.43. The quantitative estimate of drug-likeness (QED) is 0.668. The number of benzene rings is 2. The normalized spacial score (nSPS) is 12.0. The molecule has 0 bridgehead atoms. The fraction of sp³-hybridized carbons (Fsp3) is 0.118. The van der Waals surface area contributed by atoms with Crippen molar-refractivity contribution >= 4 is 22.7 Å². The lowest BCUT2D eigenvalue weighted by Crippen LogP contribution is -2.33. The molecule has 1 aromatic heterocycles. The van der Waals surface area contributed by atoms with Gasteiger partial charge in [-0.25, -0.2) is 14.8 Å². The summed E-state index contributed by atoms with van der Waals surface area (Å²) in [6.45, 7) is -0.533. The summed E-state index contributed by atoms with van der Waals surface area (Å²) in [4.78, 5) is 20.1. The van der Waals surface area contributed by atoms with Crippen LogP contribution in [0.25, 0.3) is 22.3 Å². The van der Waals surface area contributed by atoms with Gasteiger partial charge in [-0.2, -0.15) is 0 Å². The summed E-state index contributed by atoms with van der Waals surface area (Å²) in [6, 6.07) is 15.6. The monoisotopic (exact) mass is 309 g/mol. The number of nitrogens with zero attached hydrogens (tertiary/aromatic N) is 2. The van der Waals surface area contributed by atoms with Crippen LogP contribution in [0.5, 0.6) is 0 Å². The minimum absolute atomic E-state index is 0.385. The number of para-hydroxylation sites is 1. The topological polar surface area (TPSA) is 95.3 Å². The minimum atomic E-state index is -1.14. The molecule has 0 aliphatic heterocycles. The molecule has 3 rings (SSSR count). The van der Waals surface area contributed by atoms with E-state index in [0.717, 1.165) is 5.56 Å². The van der Waals surface area contributed by atoms with Gasteiger partial charge in [0.05, 0.1) is 12.1 Å². The van der Waals surface area contributed by atoms with E-state index in [4.69, 9.17) is 5.11 Å². The van der Waals surface area contributed by atoms with E-state index < -0.39 is 18.6 Å². The number of aromatic nitrogens is 2. The van der Waals surface area contributed by atoms with Crippen LogP contribution in [0.2, 0.25) is 0 Å². The Morgan fingerprint density at radius 2 is 1.74 bits per heavy atom. The van der Waals surface area contributed by atoms with E-state index in [1.807, 2.05) is 54.6 Å². The van der Waals surface area contributed by atoms with Crippen LogP contribution in [0.3, 0.4) is 0 Å². The molecule has 0 saturated heterocycles. The summed E-state index contributed by atoms with van der Waals surface area (Å²) in [5.74, 6) is -0.263. The molecule has 1 heterocycles. The number of rotatable bonds is 5. The molecule has 2 aromatic carbocycles. The molecule has 0 unspecified atom stereocenters. The number of fused-ring (bicyclic) bond motifs is 1. The first kappa shape index (κ1) is 14.9. The van der Waals surface area contributed by atoms with Gasteiger partial charge >= 0.3 is 5.97 Å². The predicted octanol–water partition coefficient (Wildman–Crippen LogP) is 2.15. The van der Waals surface area contributed by atoms with Crippen molar-refractivity contribution < 1.29 is 15.0 Å². The summed E-state index contributed by atoms with van der Waals surface area (Å²) < 4.78 is 0. The molecule has 1 atom stereocenters. The molecule has 6 nitrogen and oxygen atoms in total. The largest absolute Gasteiger partial charge is 0.480 e. The molecule has 0 radical (unpaired) electrons. The van der Waals surface area contributed by atoms with Crippen molar-refractivity contribution in [3.05, 3.63) is 54.6 Å². The summed E-state index contributed by atoms with van der Waals surface area (Å²) in [6.07, 6.45) is 0. The first-order chi connectivity index (χ1) is 11.2. The summed E-state index contributed by atoms with van der Waals surface area (Å²) in [7, 11) is 0. The van der Waals surface area contributed by atoms with Crippen LogP contribution in [0.15, 0.2) is 54.6 Å². The second kappa shape index (κ2) is 6.41. The van der Waals surface area contributed by atoms with Crippen LogP contribution < -0.4 is 5.32 Å². The van der Waals surface area contributed by atoms with E-state index in [1.54, 1.807) is 0 Å². The first-order valence-electron chi connectivity index (χ1n) is 7.11. The smallest absolute Gasteiger partial charge is 0.328 e. The Hall–Kier alpha value is -2.99. The molecular weight excluding hydrogens is 294 g/mol. The molecule has 3 aromatic rings. The Bertz CT molecular complexity index is 837. The van der Waals surface area contributed by atoms with Crippen LogP contribution in [0.4, 0.5) is 5.82 Å². The Morgan fingerprint density at radius 1 is 1.04 bits per heavy atom.